The van der Waals surface area contributed by atoms with Gasteiger partial charge in [-0.3, -0.25) is 14.3 Å². The molecule has 0 spiro atoms. The molecule has 1 aromatic heterocycles. The Balaban J connectivity index is 2.86. The Kier molecular flexibility index (Phi) is 6.69. The molecule has 0 saturated carbocycles. The van der Waals surface area contributed by atoms with E-state index in [0.29, 0.717) is 29.7 Å². The number of carboxylic acid groups (broad SMARTS) is 1. The molecule has 0 saturated heterocycles. The molecule has 0 unspecified atom stereocenters. The number of rotatable bonds is 7. The number of anilines is 1. The van der Waals surface area contributed by atoms with Crippen molar-refractivity contribution in [2.24, 2.45) is 5.92 Å². The van der Waals surface area contributed by atoms with Gasteiger partial charge in [0.15, 0.2) is 11.6 Å². The Morgan fingerprint density at radius 1 is 1.35 bits per heavy atom. The van der Waals surface area contributed by atoms with Gasteiger partial charge in [-0.15, -0.1) is 0 Å². The zero-order valence-electron chi connectivity index (χ0n) is 15.6. The quantitative estimate of drug-likeness (QED) is 0.652. The molecular formula is C19H25BrN2O4. The highest BCUT2D eigenvalue weighted by Crippen LogP contribution is 2.36. The third-order valence-electron chi connectivity index (χ3n) is 4.06. The van der Waals surface area contributed by atoms with Gasteiger partial charge in [0.05, 0.1) is 12.0 Å². The molecular weight excluding hydrogens is 400 g/mol. The lowest BCUT2D eigenvalue weighted by atomic mass is 10.1. The average molecular weight is 425 g/mol. The number of halogens is 1. The van der Waals surface area contributed by atoms with Crippen molar-refractivity contribution in [1.29, 1.82) is 0 Å². The number of hydrogen-bond acceptors (Lipinski definition) is 3. The summed E-state index contributed by atoms with van der Waals surface area (Å²) in [6, 6.07) is 5.35. The first-order chi connectivity index (χ1) is 12.3. The highest BCUT2D eigenvalue weighted by Gasteiger charge is 2.24. The van der Waals surface area contributed by atoms with Crippen LogP contribution in [-0.4, -0.2) is 29.4 Å². The fraction of sp³-hybridized carbons (Fsp3) is 0.474. The van der Waals surface area contributed by atoms with Gasteiger partial charge < -0.3 is 9.84 Å². The second-order valence-corrected chi connectivity index (χ2v) is 7.61. The van der Waals surface area contributed by atoms with Gasteiger partial charge in [0.2, 0.25) is 0 Å². The van der Waals surface area contributed by atoms with Crippen LogP contribution in [0.3, 0.4) is 0 Å². The molecule has 0 bridgehead atoms. The van der Waals surface area contributed by atoms with Crippen LogP contribution >= 0.6 is 15.9 Å². The Morgan fingerprint density at radius 3 is 2.62 bits per heavy atom. The number of carbonyl (C=O) groups is 1. The molecule has 1 amide bonds. The van der Waals surface area contributed by atoms with Gasteiger partial charge in [-0.1, -0.05) is 43.1 Å². The standard InChI is InChI=1S/C19H25BrN2O4/c1-5-6-9-26-16-15-10-13(20)7-8-14(15)18(23)22(11-12(2)3)17(16)21(4)19(24)25/h7-8,10,12H,5-6,9,11H2,1-4H3,(H,24,25). The summed E-state index contributed by atoms with van der Waals surface area (Å²) in [5.41, 5.74) is -0.216. The fourth-order valence-electron chi connectivity index (χ4n) is 2.79. The molecule has 1 heterocycles. The largest absolute Gasteiger partial charge is 0.489 e. The minimum atomic E-state index is -1.14. The van der Waals surface area contributed by atoms with Crippen molar-refractivity contribution >= 4 is 38.6 Å². The van der Waals surface area contributed by atoms with Gasteiger partial charge in [-0.05, 0) is 30.5 Å². The zero-order chi connectivity index (χ0) is 19.4. The molecule has 0 aliphatic heterocycles. The van der Waals surface area contributed by atoms with Crippen molar-refractivity contribution in [2.75, 3.05) is 18.6 Å². The van der Waals surface area contributed by atoms with Crippen molar-refractivity contribution in [2.45, 2.75) is 40.2 Å². The first-order valence-electron chi connectivity index (χ1n) is 8.73. The minimum Gasteiger partial charge on any atom is -0.489 e. The minimum absolute atomic E-state index is 0.171. The molecule has 0 fully saturated rings. The number of benzene rings is 1. The van der Waals surface area contributed by atoms with Crippen molar-refractivity contribution in [1.82, 2.24) is 4.57 Å². The van der Waals surface area contributed by atoms with E-state index in [0.717, 1.165) is 22.2 Å². The second-order valence-electron chi connectivity index (χ2n) is 6.70. The summed E-state index contributed by atoms with van der Waals surface area (Å²) in [6.07, 6.45) is 0.656. The van der Waals surface area contributed by atoms with Crippen LogP contribution in [0.1, 0.15) is 33.6 Å². The molecule has 0 aliphatic rings. The molecule has 1 aromatic carbocycles. The smallest absolute Gasteiger partial charge is 0.412 e. The summed E-state index contributed by atoms with van der Waals surface area (Å²) in [7, 11) is 1.43. The van der Waals surface area contributed by atoms with Crippen LogP contribution in [-0.2, 0) is 6.54 Å². The molecule has 0 aliphatic carbocycles. The monoisotopic (exact) mass is 424 g/mol. The van der Waals surface area contributed by atoms with Crippen molar-refractivity contribution in [3.05, 3.63) is 33.0 Å². The molecule has 6 nitrogen and oxygen atoms in total. The van der Waals surface area contributed by atoms with E-state index in [9.17, 15) is 14.7 Å². The topological polar surface area (TPSA) is 71.8 Å². The number of aromatic nitrogens is 1. The first-order valence-corrected chi connectivity index (χ1v) is 9.52. The summed E-state index contributed by atoms with van der Waals surface area (Å²) < 4.78 is 8.32. The predicted octanol–water partition coefficient (Wildman–Crippen LogP) is 4.71. The van der Waals surface area contributed by atoms with Gasteiger partial charge in [0.25, 0.3) is 5.56 Å². The van der Waals surface area contributed by atoms with Crippen LogP contribution in [0.15, 0.2) is 27.5 Å². The third kappa shape index (κ3) is 4.20. The SMILES string of the molecule is CCCCOc1c(N(C)C(=O)O)n(CC(C)C)c(=O)c2ccc(Br)cc12. The fourth-order valence-corrected chi connectivity index (χ4v) is 3.16. The molecule has 2 rings (SSSR count). The number of nitrogens with zero attached hydrogens (tertiary/aromatic N) is 2. The normalized spacial score (nSPS) is 11.2. The highest BCUT2D eigenvalue weighted by atomic mass is 79.9. The van der Waals surface area contributed by atoms with E-state index in [1.807, 2.05) is 13.8 Å². The Morgan fingerprint density at radius 2 is 2.04 bits per heavy atom. The van der Waals surface area contributed by atoms with E-state index < -0.39 is 6.09 Å². The summed E-state index contributed by atoms with van der Waals surface area (Å²) in [4.78, 5) is 25.8. The van der Waals surface area contributed by atoms with Gasteiger partial charge >= 0.3 is 6.09 Å². The highest BCUT2D eigenvalue weighted by molar-refractivity contribution is 9.10. The van der Waals surface area contributed by atoms with Crippen LogP contribution in [0, 0.1) is 5.92 Å². The number of amides is 1. The van der Waals surface area contributed by atoms with Crippen LogP contribution in [0.25, 0.3) is 10.8 Å². The van der Waals surface area contributed by atoms with E-state index in [4.69, 9.17) is 4.74 Å². The van der Waals surface area contributed by atoms with E-state index in [-0.39, 0.29) is 17.3 Å². The maximum Gasteiger partial charge on any atom is 0.412 e. The van der Waals surface area contributed by atoms with Crippen molar-refractivity contribution in [3.63, 3.8) is 0 Å². The first kappa shape index (κ1) is 20.3. The number of unbranched alkanes of at least 4 members (excludes halogenated alkanes) is 1. The van der Waals surface area contributed by atoms with Gasteiger partial charge in [0, 0.05) is 23.5 Å². The maximum absolute atomic E-state index is 13.1. The number of ether oxygens (including phenoxy) is 1. The third-order valence-corrected chi connectivity index (χ3v) is 4.55. The predicted molar refractivity (Wildman–Crippen MR) is 108 cm³/mol. The molecule has 26 heavy (non-hydrogen) atoms. The molecule has 0 radical (unpaired) electrons. The van der Waals surface area contributed by atoms with E-state index >= 15 is 0 Å². The number of fused-ring (bicyclic) bond motifs is 1. The van der Waals surface area contributed by atoms with E-state index in [2.05, 4.69) is 22.9 Å². The molecule has 142 valence electrons. The van der Waals surface area contributed by atoms with Crippen molar-refractivity contribution in [3.8, 4) is 5.75 Å². The van der Waals surface area contributed by atoms with Gasteiger partial charge in [-0.25, -0.2) is 4.79 Å². The lowest BCUT2D eigenvalue weighted by Crippen LogP contribution is -2.34. The van der Waals surface area contributed by atoms with Gasteiger partial charge in [-0.2, -0.15) is 0 Å². The average Bonchev–Trinajstić information content (AvgIpc) is 2.57. The zero-order valence-corrected chi connectivity index (χ0v) is 17.2. The lowest BCUT2D eigenvalue weighted by molar-refractivity contribution is 0.202. The van der Waals surface area contributed by atoms with E-state index in [1.165, 1.54) is 11.6 Å². The Bertz CT molecular complexity index is 861. The van der Waals surface area contributed by atoms with Crippen LogP contribution < -0.4 is 15.2 Å². The molecule has 0 atom stereocenters. The summed E-state index contributed by atoms with van der Waals surface area (Å²) in [6.45, 7) is 6.89. The van der Waals surface area contributed by atoms with Crippen LogP contribution in [0.4, 0.5) is 10.6 Å². The van der Waals surface area contributed by atoms with Crippen LogP contribution in [0.5, 0.6) is 5.75 Å². The van der Waals surface area contributed by atoms with Gasteiger partial charge in [0.1, 0.15) is 0 Å². The molecule has 2 aromatic rings. The lowest BCUT2D eigenvalue weighted by Gasteiger charge is -2.25. The second kappa shape index (κ2) is 8.58. The maximum atomic E-state index is 13.1. The Hall–Kier alpha value is -2.02. The number of hydrogen-bond donors (Lipinski definition) is 1. The molecule has 1 N–H and O–H groups in total. The molecule has 7 heteroatoms. The Labute approximate surface area is 161 Å². The van der Waals surface area contributed by atoms with E-state index in [1.54, 1.807) is 18.2 Å². The summed E-state index contributed by atoms with van der Waals surface area (Å²) in [5, 5.41) is 10.7. The number of pyridine rings is 1. The van der Waals surface area contributed by atoms with Crippen LogP contribution in [0.2, 0.25) is 0 Å². The summed E-state index contributed by atoms with van der Waals surface area (Å²) in [5.74, 6) is 0.878. The van der Waals surface area contributed by atoms with Crippen molar-refractivity contribution < 1.29 is 14.6 Å². The summed E-state index contributed by atoms with van der Waals surface area (Å²) >= 11 is 3.43.